The molecule has 1 unspecified atom stereocenters. The van der Waals surface area contributed by atoms with E-state index < -0.39 is 10.8 Å². The van der Waals surface area contributed by atoms with E-state index in [4.69, 9.17) is 0 Å². The first-order chi connectivity index (χ1) is 25.4. The minimum Gasteiger partial charge on any atom is -0.207 e. The van der Waals surface area contributed by atoms with E-state index >= 15 is 8.78 Å². The molecule has 4 aromatic carbocycles. The van der Waals surface area contributed by atoms with Gasteiger partial charge in [-0.2, -0.15) is 4.57 Å². The molecule has 0 spiro atoms. The van der Waals surface area contributed by atoms with Crippen LogP contribution < -0.4 is 9.13 Å². The van der Waals surface area contributed by atoms with Gasteiger partial charge in [-0.05, 0) is 76.4 Å². The molecule has 4 heteroatoms. The van der Waals surface area contributed by atoms with Crippen molar-refractivity contribution < 1.29 is 17.9 Å². The second kappa shape index (κ2) is 11.8. The molecule has 1 aliphatic heterocycles. The Kier molecular flexibility index (Phi) is 7.63. The van der Waals surface area contributed by atoms with Crippen LogP contribution in [-0.2, 0) is 36.3 Å². The molecule has 270 valence electrons. The third-order valence-corrected chi connectivity index (χ3v) is 14.0. The zero-order chi connectivity index (χ0) is 37.2. The summed E-state index contributed by atoms with van der Waals surface area (Å²) in [6.45, 7) is 15.7. The molecule has 9 rings (SSSR count). The van der Waals surface area contributed by atoms with Crippen LogP contribution in [0.3, 0.4) is 0 Å². The lowest BCUT2D eigenvalue weighted by Crippen LogP contribution is -2.63. The Labute approximate surface area is 313 Å². The SMILES string of the molecule is CCCCc1cc2c3c4[n+](ccc3c1)C(CC)(CC)C(CCc1ccc(F)c3c1-c1c5c(cccc5cc[n+]1C)C3(C)C)c1ccc(F)c(c1-4)C2(C)C. The highest BCUT2D eigenvalue weighted by Crippen LogP contribution is 2.57. The van der Waals surface area contributed by atoms with Crippen LogP contribution in [0.5, 0.6) is 0 Å². The Bertz CT molecular complexity index is 2520. The van der Waals surface area contributed by atoms with Crippen LogP contribution in [0, 0.1) is 11.6 Å². The Morgan fingerprint density at radius 3 is 2.09 bits per heavy atom. The molecule has 2 aromatic heterocycles. The summed E-state index contributed by atoms with van der Waals surface area (Å²) >= 11 is 0. The standard InChI is InChI=1S/C49H52F2N2/c1-9-12-14-29-27-32-24-26-53-46-40(32)36(28-29)48(6,7)44-38(51)22-19-33(42(44)46)34(49(53,10-2)11-3)20-17-31-18-21-37(50)43-41(31)45-39-30(23-25-52(45)8)15-13-16-35(39)47(43,4)5/h13,15-16,18-19,21-28,34H,9-12,14,17,20H2,1-8H3/q+2. The summed E-state index contributed by atoms with van der Waals surface area (Å²) in [5.41, 5.74) is 11.1. The molecule has 1 atom stereocenters. The second-order valence-corrected chi connectivity index (χ2v) is 17.3. The lowest BCUT2D eigenvalue weighted by atomic mass is 9.61. The minimum atomic E-state index is -0.497. The fraction of sp³-hybridized carbons (Fsp3) is 0.388. The Hall–Kier alpha value is -4.44. The quantitative estimate of drug-likeness (QED) is 0.139. The second-order valence-electron chi connectivity index (χ2n) is 17.3. The van der Waals surface area contributed by atoms with E-state index in [1.165, 1.54) is 55.1 Å². The molecule has 0 bridgehead atoms. The van der Waals surface area contributed by atoms with Crippen molar-refractivity contribution in [1.29, 1.82) is 0 Å². The van der Waals surface area contributed by atoms with Crippen molar-refractivity contribution in [3.05, 3.63) is 130 Å². The van der Waals surface area contributed by atoms with Crippen molar-refractivity contribution in [2.24, 2.45) is 7.05 Å². The van der Waals surface area contributed by atoms with Gasteiger partial charge in [0.15, 0.2) is 17.9 Å². The summed E-state index contributed by atoms with van der Waals surface area (Å²) in [6, 6.07) is 23.3. The van der Waals surface area contributed by atoms with Gasteiger partial charge >= 0.3 is 0 Å². The number of hydrogen-bond donors (Lipinski definition) is 0. The number of fused-ring (bicyclic) bond motifs is 2. The molecule has 0 N–H and O–H groups in total. The van der Waals surface area contributed by atoms with Crippen molar-refractivity contribution in [2.75, 3.05) is 0 Å². The Morgan fingerprint density at radius 2 is 1.36 bits per heavy atom. The molecule has 3 heterocycles. The lowest BCUT2D eigenvalue weighted by Gasteiger charge is -2.45. The van der Waals surface area contributed by atoms with Gasteiger partial charge in [-0.1, -0.05) is 97.4 Å². The zero-order valence-corrected chi connectivity index (χ0v) is 32.7. The van der Waals surface area contributed by atoms with Crippen molar-refractivity contribution in [3.8, 4) is 22.5 Å². The number of aromatic nitrogens is 2. The van der Waals surface area contributed by atoms with Crippen LogP contribution in [0.15, 0.2) is 79.1 Å². The highest BCUT2D eigenvalue weighted by molar-refractivity contribution is 6.02. The lowest BCUT2D eigenvalue weighted by molar-refractivity contribution is -0.762. The maximum absolute atomic E-state index is 16.5. The third-order valence-electron chi connectivity index (χ3n) is 14.0. The molecule has 2 nitrogen and oxygen atoms in total. The summed E-state index contributed by atoms with van der Waals surface area (Å²) in [4.78, 5) is 0. The van der Waals surface area contributed by atoms with E-state index in [-0.39, 0.29) is 23.1 Å². The van der Waals surface area contributed by atoms with E-state index in [9.17, 15) is 0 Å². The number of nitrogens with zero attached hydrogens (tertiary/aromatic N) is 2. The normalized spacial score (nSPS) is 18.0. The maximum Gasteiger partial charge on any atom is 0.221 e. The average molecular weight is 707 g/mol. The molecule has 6 aromatic rings. The number of halogens is 2. The fourth-order valence-electron chi connectivity index (χ4n) is 11.3. The highest BCUT2D eigenvalue weighted by atomic mass is 19.1. The van der Waals surface area contributed by atoms with Gasteiger partial charge < -0.3 is 0 Å². The number of unbranched alkanes of at least 4 members (excludes halogenated alkanes) is 1. The summed E-state index contributed by atoms with van der Waals surface area (Å²) in [6.07, 6.45) is 11.3. The first kappa shape index (κ1) is 34.3. The van der Waals surface area contributed by atoms with Gasteiger partial charge in [0, 0.05) is 46.9 Å². The summed E-state index contributed by atoms with van der Waals surface area (Å²) in [5, 5.41) is 4.95. The number of aryl methyl sites for hydroxylation is 3. The predicted molar refractivity (Wildman–Crippen MR) is 213 cm³/mol. The van der Waals surface area contributed by atoms with Crippen molar-refractivity contribution in [3.63, 3.8) is 0 Å². The predicted octanol–water partition coefficient (Wildman–Crippen LogP) is 11.6. The van der Waals surface area contributed by atoms with Crippen LogP contribution in [0.1, 0.15) is 125 Å². The minimum absolute atomic E-state index is 0.116. The monoisotopic (exact) mass is 706 g/mol. The highest BCUT2D eigenvalue weighted by Gasteiger charge is 2.55. The number of rotatable bonds is 8. The van der Waals surface area contributed by atoms with Crippen molar-refractivity contribution in [1.82, 2.24) is 0 Å². The van der Waals surface area contributed by atoms with Gasteiger partial charge in [0.25, 0.3) is 0 Å². The van der Waals surface area contributed by atoms with Crippen LogP contribution in [0.4, 0.5) is 8.78 Å². The van der Waals surface area contributed by atoms with Gasteiger partial charge in [0.2, 0.25) is 11.4 Å². The molecule has 0 radical (unpaired) electrons. The first-order valence-corrected chi connectivity index (χ1v) is 20.0. The average Bonchev–Trinajstić information content (AvgIpc) is 3.14. The molecule has 2 aliphatic carbocycles. The summed E-state index contributed by atoms with van der Waals surface area (Å²) in [5.74, 6) is -0.124. The fourth-order valence-corrected chi connectivity index (χ4v) is 11.3. The molecule has 0 amide bonds. The summed E-state index contributed by atoms with van der Waals surface area (Å²) < 4.78 is 37.6. The van der Waals surface area contributed by atoms with Crippen LogP contribution >= 0.6 is 0 Å². The van der Waals surface area contributed by atoms with Crippen LogP contribution in [-0.4, -0.2) is 0 Å². The summed E-state index contributed by atoms with van der Waals surface area (Å²) in [7, 11) is 2.09. The van der Waals surface area contributed by atoms with Gasteiger partial charge in [0.1, 0.15) is 18.7 Å². The molecule has 0 fully saturated rings. The number of benzene rings is 4. The number of pyridine rings is 2. The molecule has 3 aliphatic rings. The van der Waals surface area contributed by atoms with Crippen LogP contribution in [0.25, 0.3) is 44.1 Å². The molecular formula is C49H52F2N2+2. The van der Waals surface area contributed by atoms with Crippen LogP contribution in [0.2, 0.25) is 0 Å². The van der Waals surface area contributed by atoms with E-state index in [0.717, 1.165) is 72.9 Å². The zero-order valence-electron chi connectivity index (χ0n) is 32.7. The van der Waals surface area contributed by atoms with Gasteiger partial charge in [-0.15, -0.1) is 0 Å². The molecule has 0 saturated carbocycles. The van der Waals surface area contributed by atoms with E-state index in [1.54, 1.807) is 12.1 Å². The van der Waals surface area contributed by atoms with E-state index in [1.807, 2.05) is 6.07 Å². The largest absolute Gasteiger partial charge is 0.221 e. The van der Waals surface area contributed by atoms with Crippen molar-refractivity contribution >= 4 is 21.5 Å². The smallest absolute Gasteiger partial charge is 0.207 e. The van der Waals surface area contributed by atoms with Gasteiger partial charge in [-0.25, -0.2) is 13.3 Å². The molecular weight excluding hydrogens is 655 g/mol. The van der Waals surface area contributed by atoms with Gasteiger partial charge in [0.05, 0.1) is 27.8 Å². The molecule has 0 saturated heterocycles. The first-order valence-electron chi connectivity index (χ1n) is 20.0. The third kappa shape index (κ3) is 4.47. The number of hydrogen-bond acceptors (Lipinski definition) is 0. The topological polar surface area (TPSA) is 7.76 Å². The van der Waals surface area contributed by atoms with E-state index in [2.05, 4.69) is 126 Å². The van der Waals surface area contributed by atoms with Crippen molar-refractivity contribution in [2.45, 2.75) is 116 Å². The Morgan fingerprint density at radius 1 is 0.679 bits per heavy atom. The maximum atomic E-state index is 16.5. The van der Waals surface area contributed by atoms with Gasteiger partial charge in [-0.3, -0.25) is 0 Å². The Balaban J connectivity index is 1.26. The molecule has 53 heavy (non-hydrogen) atoms. The van der Waals surface area contributed by atoms with E-state index in [0.29, 0.717) is 0 Å².